The van der Waals surface area contributed by atoms with Crippen LogP contribution in [0.2, 0.25) is 0 Å². The number of aryl methyl sites for hydroxylation is 1. The molecule has 0 saturated carbocycles. The van der Waals surface area contributed by atoms with Gasteiger partial charge in [-0.15, -0.1) is 5.10 Å². The molecule has 0 fully saturated rings. The number of hydrogen-bond donors (Lipinski definition) is 1. The number of carbonyl (C=O) groups excluding carboxylic acids is 1. The van der Waals surface area contributed by atoms with Crippen molar-refractivity contribution in [2.24, 2.45) is 0 Å². The number of nitrogens with zero attached hydrogens (tertiary/aromatic N) is 4. The van der Waals surface area contributed by atoms with E-state index in [1.54, 1.807) is 44.4 Å². The smallest absolute Gasteiger partial charge is 0.275 e. The second kappa shape index (κ2) is 6.56. The van der Waals surface area contributed by atoms with Gasteiger partial charge < -0.3 is 4.90 Å². The van der Waals surface area contributed by atoms with Crippen molar-refractivity contribution in [2.45, 2.75) is 6.54 Å². The minimum Gasteiger partial charge on any atom is -0.343 e. The van der Waals surface area contributed by atoms with Gasteiger partial charge in [0.15, 0.2) is 5.69 Å². The van der Waals surface area contributed by atoms with E-state index in [2.05, 4.69) is 15.0 Å². The van der Waals surface area contributed by atoms with Crippen molar-refractivity contribution in [1.82, 2.24) is 19.9 Å². The van der Waals surface area contributed by atoms with Crippen molar-refractivity contribution in [3.8, 4) is 0 Å². The van der Waals surface area contributed by atoms with E-state index in [4.69, 9.17) is 0 Å². The highest BCUT2D eigenvalue weighted by Gasteiger charge is 2.15. The lowest BCUT2D eigenvalue weighted by atomic mass is 10.3. The van der Waals surface area contributed by atoms with Crippen LogP contribution in [0.25, 0.3) is 0 Å². The first-order valence-electron chi connectivity index (χ1n) is 6.55. The zero-order valence-corrected chi connectivity index (χ0v) is 13.1. The van der Waals surface area contributed by atoms with Gasteiger partial charge in [-0.2, -0.15) is 0 Å². The first-order valence-corrected chi connectivity index (χ1v) is 8.20. The van der Waals surface area contributed by atoms with Crippen LogP contribution in [0.15, 0.2) is 36.5 Å². The van der Waals surface area contributed by atoms with Gasteiger partial charge in [0, 0.05) is 19.8 Å². The Labute approximate surface area is 128 Å². The molecule has 0 unspecified atom stereocenters. The highest BCUT2D eigenvalue weighted by molar-refractivity contribution is 7.92. The molecule has 1 amide bonds. The molecule has 2 rings (SSSR count). The lowest BCUT2D eigenvalue weighted by Gasteiger charge is -2.07. The Bertz CT molecular complexity index is 740. The van der Waals surface area contributed by atoms with Gasteiger partial charge in [0.25, 0.3) is 5.91 Å². The highest BCUT2D eigenvalue weighted by Crippen LogP contribution is 2.08. The van der Waals surface area contributed by atoms with E-state index < -0.39 is 10.0 Å². The van der Waals surface area contributed by atoms with Crippen molar-refractivity contribution >= 4 is 21.6 Å². The first-order chi connectivity index (χ1) is 10.4. The average Bonchev–Trinajstić information content (AvgIpc) is 2.94. The van der Waals surface area contributed by atoms with Crippen molar-refractivity contribution < 1.29 is 13.2 Å². The Morgan fingerprint density at radius 1 is 1.27 bits per heavy atom. The van der Waals surface area contributed by atoms with Gasteiger partial charge in [0.05, 0.1) is 18.5 Å². The third-order valence-electron chi connectivity index (χ3n) is 2.80. The van der Waals surface area contributed by atoms with Gasteiger partial charge >= 0.3 is 0 Å². The maximum atomic E-state index is 12.0. The molecule has 118 valence electrons. The summed E-state index contributed by atoms with van der Waals surface area (Å²) in [5, 5.41) is 7.49. The number of aromatic nitrogens is 3. The van der Waals surface area contributed by atoms with Crippen LogP contribution in [0.4, 0.5) is 5.69 Å². The predicted molar refractivity (Wildman–Crippen MR) is 81.9 cm³/mol. The summed E-state index contributed by atoms with van der Waals surface area (Å²) in [6.07, 6.45) is 1.43. The van der Waals surface area contributed by atoms with Crippen LogP contribution < -0.4 is 4.72 Å². The van der Waals surface area contributed by atoms with Gasteiger partial charge in [-0.05, 0) is 12.1 Å². The van der Waals surface area contributed by atoms with E-state index in [9.17, 15) is 13.2 Å². The molecule has 0 atom stereocenters. The fourth-order valence-electron chi connectivity index (χ4n) is 1.69. The Morgan fingerprint density at radius 2 is 1.95 bits per heavy atom. The van der Waals surface area contributed by atoms with Gasteiger partial charge in [0.1, 0.15) is 0 Å². The molecule has 2 aromatic rings. The van der Waals surface area contributed by atoms with Crippen LogP contribution in [0, 0.1) is 0 Å². The number of hydrogen-bond acceptors (Lipinski definition) is 5. The summed E-state index contributed by atoms with van der Waals surface area (Å²) >= 11 is 0. The second-order valence-corrected chi connectivity index (χ2v) is 6.70. The molecule has 1 N–H and O–H groups in total. The van der Waals surface area contributed by atoms with Crippen LogP contribution in [0.3, 0.4) is 0 Å². The largest absolute Gasteiger partial charge is 0.343 e. The van der Waals surface area contributed by atoms with Crippen LogP contribution in [0.1, 0.15) is 10.5 Å². The zero-order valence-electron chi connectivity index (χ0n) is 12.3. The van der Waals surface area contributed by atoms with Gasteiger partial charge in [-0.25, -0.2) is 8.42 Å². The summed E-state index contributed by atoms with van der Waals surface area (Å²) in [6, 6.07) is 8.63. The van der Waals surface area contributed by atoms with E-state index >= 15 is 0 Å². The number of carbonyl (C=O) groups is 1. The molecule has 1 aromatic carbocycles. The summed E-state index contributed by atoms with van der Waals surface area (Å²) in [5.41, 5.74) is 0.683. The van der Waals surface area contributed by atoms with E-state index in [1.165, 1.54) is 15.8 Å². The van der Waals surface area contributed by atoms with E-state index in [0.717, 1.165) is 0 Å². The van der Waals surface area contributed by atoms with Crippen LogP contribution in [-0.2, 0) is 16.6 Å². The second-order valence-electron chi connectivity index (χ2n) is 4.85. The molecule has 9 heteroatoms. The summed E-state index contributed by atoms with van der Waals surface area (Å²) in [6.45, 7) is 0.107. The normalized spacial score (nSPS) is 11.2. The van der Waals surface area contributed by atoms with E-state index in [-0.39, 0.29) is 23.9 Å². The fourth-order valence-corrected chi connectivity index (χ4v) is 2.71. The quantitative estimate of drug-likeness (QED) is 0.831. The van der Waals surface area contributed by atoms with Crippen molar-refractivity contribution in [2.75, 3.05) is 24.6 Å². The lowest BCUT2D eigenvalue weighted by molar-refractivity contribution is 0.0822. The maximum absolute atomic E-state index is 12.0. The Balaban J connectivity index is 1.96. The fraction of sp³-hybridized carbons (Fsp3) is 0.308. The van der Waals surface area contributed by atoms with Gasteiger partial charge in [-0.1, -0.05) is 23.4 Å². The maximum Gasteiger partial charge on any atom is 0.275 e. The highest BCUT2D eigenvalue weighted by atomic mass is 32.2. The third-order valence-corrected chi connectivity index (χ3v) is 4.07. The molecule has 0 spiro atoms. The zero-order chi connectivity index (χ0) is 16.2. The molecule has 0 saturated heterocycles. The van der Waals surface area contributed by atoms with E-state index in [1.807, 2.05) is 0 Å². The number of anilines is 1. The van der Waals surface area contributed by atoms with E-state index in [0.29, 0.717) is 5.69 Å². The van der Waals surface area contributed by atoms with Crippen LogP contribution in [-0.4, -0.2) is 54.1 Å². The Kier molecular flexibility index (Phi) is 4.76. The number of para-hydroxylation sites is 1. The third kappa shape index (κ3) is 4.29. The van der Waals surface area contributed by atoms with Crippen molar-refractivity contribution in [1.29, 1.82) is 0 Å². The molecule has 22 heavy (non-hydrogen) atoms. The minimum atomic E-state index is -3.49. The molecular formula is C13H17N5O3S. The average molecular weight is 323 g/mol. The molecule has 0 aliphatic rings. The summed E-state index contributed by atoms with van der Waals surface area (Å²) in [5.74, 6) is -0.447. The lowest BCUT2D eigenvalue weighted by Crippen LogP contribution is -2.22. The standard InChI is InChI=1S/C13H17N5O3S/c1-17(2)13(19)12-10-18(16-14-12)8-9-22(20,21)15-11-6-4-3-5-7-11/h3-7,10,15H,8-9H2,1-2H3. The first kappa shape index (κ1) is 16.0. The molecule has 8 nitrogen and oxygen atoms in total. The van der Waals surface area contributed by atoms with Gasteiger partial charge in [-0.3, -0.25) is 14.2 Å². The molecule has 0 aliphatic carbocycles. The monoisotopic (exact) mass is 323 g/mol. The molecule has 0 bridgehead atoms. The van der Waals surface area contributed by atoms with Crippen molar-refractivity contribution in [3.05, 3.63) is 42.2 Å². The van der Waals surface area contributed by atoms with Crippen LogP contribution >= 0.6 is 0 Å². The molecular weight excluding hydrogens is 306 g/mol. The number of amides is 1. The SMILES string of the molecule is CN(C)C(=O)c1cn(CCS(=O)(=O)Nc2ccccc2)nn1. The Hall–Kier alpha value is -2.42. The Morgan fingerprint density at radius 3 is 2.59 bits per heavy atom. The summed E-state index contributed by atoms with van der Waals surface area (Å²) in [4.78, 5) is 13.1. The van der Waals surface area contributed by atoms with Gasteiger partial charge in [0.2, 0.25) is 10.0 Å². The van der Waals surface area contributed by atoms with Crippen LogP contribution in [0.5, 0.6) is 0 Å². The molecule has 1 heterocycles. The number of nitrogens with one attached hydrogen (secondary N) is 1. The molecule has 0 radical (unpaired) electrons. The number of benzene rings is 1. The topological polar surface area (TPSA) is 97.2 Å². The summed E-state index contributed by atoms with van der Waals surface area (Å²) < 4.78 is 27.8. The number of rotatable bonds is 6. The summed E-state index contributed by atoms with van der Waals surface area (Å²) in [7, 11) is -0.281. The minimum absolute atomic E-state index is 0.107. The van der Waals surface area contributed by atoms with Crippen molar-refractivity contribution in [3.63, 3.8) is 0 Å². The molecule has 0 aliphatic heterocycles. The number of sulfonamides is 1. The molecule has 1 aromatic heterocycles. The predicted octanol–water partition coefficient (Wildman–Crippen LogP) is 0.422.